The molecule has 0 saturated heterocycles. The van der Waals surface area contributed by atoms with Gasteiger partial charge in [-0.3, -0.25) is 14.9 Å². The second-order valence-corrected chi connectivity index (χ2v) is 3.77. The third kappa shape index (κ3) is 3.56. The van der Waals surface area contributed by atoms with Crippen molar-refractivity contribution in [3.8, 4) is 6.07 Å². The summed E-state index contributed by atoms with van der Waals surface area (Å²) in [5, 5.41) is 21.6. The minimum Gasteiger partial charge on any atom is -0.352 e. The second-order valence-electron chi connectivity index (χ2n) is 3.77. The number of carbonyl (C=O) groups excluding carboxylic acids is 1. The van der Waals surface area contributed by atoms with E-state index < -0.39 is 4.92 Å². The van der Waals surface area contributed by atoms with Crippen LogP contribution in [-0.2, 0) is 0 Å². The Kier molecular flexibility index (Phi) is 4.81. The summed E-state index contributed by atoms with van der Waals surface area (Å²) in [6, 6.07) is 6.14. The molecule has 1 N–H and O–H groups in total. The fourth-order valence-electron chi connectivity index (χ4n) is 1.43. The van der Waals surface area contributed by atoms with Crippen LogP contribution in [0.2, 0.25) is 0 Å². The van der Waals surface area contributed by atoms with Crippen molar-refractivity contribution < 1.29 is 9.72 Å². The lowest BCUT2D eigenvalue weighted by molar-refractivity contribution is -0.384. The lowest BCUT2D eigenvalue weighted by atomic mass is 10.1. The minimum absolute atomic E-state index is 0.109. The molecule has 0 bridgehead atoms. The first kappa shape index (κ1) is 13.6. The Bertz CT molecular complexity index is 506. The van der Waals surface area contributed by atoms with E-state index in [1.165, 1.54) is 12.1 Å². The number of nitro groups is 1. The van der Waals surface area contributed by atoms with Gasteiger partial charge >= 0.3 is 0 Å². The number of unbranched alkanes of at least 4 members (excludes halogenated alkanes) is 1. The van der Waals surface area contributed by atoms with Crippen LogP contribution < -0.4 is 5.32 Å². The molecule has 0 aliphatic heterocycles. The van der Waals surface area contributed by atoms with E-state index in [-0.39, 0.29) is 11.6 Å². The normalized spacial score (nSPS) is 9.56. The zero-order chi connectivity index (χ0) is 13.5. The van der Waals surface area contributed by atoms with E-state index in [0.29, 0.717) is 30.5 Å². The quantitative estimate of drug-likeness (QED) is 0.488. The molecule has 1 aromatic carbocycles. The van der Waals surface area contributed by atoms with Crippen LogP contribution in [-0.4, -0.2) is 17.4 Å². The molecule has 94 valence electrons. The Morgan fingerprint density at radius 3 is 2.89 bits per heavy atom. The van der Waals surface area contributed by atoms with Gasteiger partial charge in [-0.25, -0.2) is 0 Å². The van der Waals surface area contributed by atoms with Crippen LogP contribution in [0.25, 0.3) is 0 Å². The van der Waals surface area contributed by atoms with E-state index in [4.69, 9.17) is 5.26 Å². The molecule has 1 aromatic rings. The summed E-state index contributed by atoms with van der Waals surface area (Å²) in [6.45, 7) is 2.10. The molecule has 1 rings (SSSR count). The number of non-ortho nitro benzene ring substituents is 1. The summed E-state index contributed by atoms with van der Waals surface area (Å²) in [5.74, 6) is -0.353. The first-order valence-electron chi connectivity index (χ1n) is 5.46. The molecule has 6 nitrogen and oxygen atoms in total. The van der Waals surface area contributed by atoms with Crippen LogP contribution in [0.4, 0.5) is 5.69 Å². The summed E-state index contributed by atoms with van der Waals surface area (Å²) in [7, 11) is 0. The highest BCUT2D eigenvalue weighted by Crippen LogP contribution is 2.17. The summed E-state index contributed by atoms with van der Waals surface area (Å²) in [5.41, 5.74) is 0.863. The van der Waals surface area contributed by atoms with Crippen molar-refractivity contribution in [3.05, 3.63) is 39.4 Å². The SMILES string of the molecule is Cc1ccc([N+](=O)[O-])cc1C(=O)NCCCC#N. The summed E-state index contributed by atoms with van der Waals surface area (Å²) in [6.07, 6.45) is 0.935. The molecule has 1 amide bonds. The standard InChI is InChI=1S/C12H13N3O3/c1-9-4-5-10(15(17)18)8-11(9)12(16)14-7-3-2-6-13/h4-5,8H,2-3,7H2,1H3,(H,14,16). The molecular weight excluding hydrogens is 234 g/mol. The number of benzene rings is 1. The predicted octanol–water partition coefficient (Wildman–Crippen LogP) is 1.94. The van der Waals surface area contributed by atoms with E-state index in [9.17, 15) is 14.9 Å². The lowest BCUT2D eigenvalue weighted by Gasteiger charge is -2.06. The number of hydrogen-bond acceptors (Lipinski definition) is 4. The largest absolute Gasteiger partial charge is 0.352 e. The maximum absolute atomic E-state index is 11.8. The molecule has 0 aliphatic carbocycles. The molecule has 0 spiro atoms. The molecule has 0 saturated carbocycles. The van der Waals surface area contributed by atoms with E-state index >= 15 is 0 Å². The third-order valence-electron chi connectivity index (χ3n) is 2.43. The van der Waals surface area contributed by atoms with Crippen LogP contribution >= 0.6 is 0 Å². The number of nitrogens with one attached hydrogen (secondary N) is 1. The van der Waals surface area contributed by atoms with Crippen molar-refractivity contribution in [2.45, 2.75) is 19.8 Å². The number of rotatable bonds is 5. The van der Waals surface area contributed by atoms with Gasteiger partial charge in [-0.2, -0.15) is 5.26 Å². The van der Waals surface area contributed by atoms with Crippen molar-refractivity contribution >= 4 is 11.6 Å². The molecule has 6 heteroatoms. The van der Waals surface area contributed by atoms with Gasteiger partial charge < -0.3 is 5.32 Å². The number of nitro benzene ring substituents is 1. The van der Waals surface area contributed by atoms with Crippen LogP contribution in [0, 0.1) is 28.4 Å². The Morgan fingerprint density at radius 2 is 2.28 bits per heavy atom. The second kappa shape index (κ2) is 6.35. The number of carbonyl (C=O) groups is 1. The molecule has 0 atom stereocenters. The number of amides is 1. The van der Waals surface area contributed by atoms with Gasteiger partial charge in [0.25, 0.3) is 11.6 Å². The van der Waals surface area contributed by atoms with Crippen molar-refractivity contribution in [1.82, 2.24) is 5.32 Å². The summed E-state index contributed by atoms with van der Waals surface area (Å²) >= 11 is 0. The molecule has 0 fully saturated rings. The molecular formula is C12H13N3O3. The maximum Gasteiger partial charge on any atom is 0.270 e. The van der Waals surface area contributed by atoms with Gasteiger partial charge in [0, 0.05) is 30.7 Å². The third-order valence-corrected chi connectivity index (χ3v) is 2.43. The van der Waals surface area contributed by atoms with Crippen LogP contribution in [0.1, 0.15) is 28.8 Å². The molecule has 0 unspecified atom stereocenters. The highest BCUT2D eigenvalue weighted by molar-refractivity contribution is 5.96. The topological polar surface area (TPSA) is 96.0 Å². The van der Waals surface area contributed by atoms with Crippen molar-refractivity contribution in [2.75, 3.05) is 6.54 Å². The number of nitrogens with zero attached hydrogens (tertiary/aromatic N) is 2. The maximum atomic E-state index is 11.8. The van der Waals surface area contributed by atoms with Gasteiger partial charge in [0.05, 0.1) is 11.0 Å². The zero-order valence-corrected chi connectivity index (χ0v) is 9.97. The zero-order valence-electron chi connectivity index (χ0n) is 9.97. The molecule has 0 radical (unpaired) electrons. The first-order valence-corrected chi connectivity index (χ1v) is 5.46. The minimum atomic E-state index is -0.536. The van der Waals surface area contributed by atoms with E-state index in [1.807, 2.05) is 6.07 Å². The molecule has 18 heavy (non-hydrogen) atoms. The molecule has 0 aliphatic rings. The number of nitriles is 1. The van der Waals surface area contributed by atoms with Crippen LogP contribution in [0.3, 0.4) is 0 Å². The average molecular weight is 247 g/mol. The van der Waals surface area contributed by atoms with Gasteiger partial charge in [0.2, 0.25) is 0 Å². The fourth-order valence-corrected chi connectivity index (χ4v) is 1.43. The van der Waals surface area contributed by atoms with E-state index in [2.05, 4.69) is 5.32 Å². The summed E-state index contributed by atoms with van der Waals surface area (Å²) < 4.78 is 0. The van der Waals surface area contributed by atoms with Gasteiger partial charge in [-0.05, 0) is 18.9 Å². The van der Waals surface area contributed by atoms with E-state index in [0.717, 1.165) is 0 Å². The monoisotopic (exact) mass is 247 g/mol. The van der Waals surface area contributed by atoms with Crippen molar-refractivity contribution in [3.63, 3.8) is 0 Å². The summed E-state index contributed by atoms with van der Waals surface area (Å²) in [4.78, 5) is 21.9. The van der Waals surface area contributed by atoms with E-state index in [1.54, 1.807) is 13.0 Å². The van der Waals surface area contributed by atoms with Crippen LogP contribution in [0.15, 0.2) is 18.2 Å². The lowest BCUT2D eigenvalue weighted by Crippen LogP contribution is -2.25. The highest BCUT2D eigenvalue weighted by Gasteiger charge is 2.13. The highest BCUT2D eigenvalue weighted by atomic mass is 16.6. The van der Waals surface area contributed by atoms with Crippen molar-refractivity contribution in [2.24, 2.45) is 0 Å². The Morgan fingerprint density at radius 1 is 1.56 bits per heavy atom. The smallest absolute Gasteiger partial charge is 0.270 e. The number of hydrogen-bond donors (Lipinski definition) is 1. The Balaban J connectivity index is 2.76. The fraction of sp³-hybridized carbons (Fsp3) is 0.333. The Labute approximate surface area is 104 Å². The molecule has 0 aromatic heterocycles. The van der Waals surface area contributed by atoms with Gasteiger partial charge in [-0.15, -0.1) is 0 Å². The predicted molar refractivity (Wildman–Crippen MR) is 65.0 cm³/mol. The van der Waals surface area contributed by atoms with Gasteiger partial charge in [-0.1, -0.05) is 6.07 Å². The first-order chi connectivity index (χ1) is 8.56. The Hall–Kier alpha value is -2.42. The van der Waals surface area contributed by atoms with Gasteiger partial charge in [0.1, 0.15) is 0 Å². The average Bonchev–Trinajstić information content (AvgIpc) is 2.34. The van der Waals surface area contributed by atoms with Crippen molar-refractivity contribution in [1.29, 1.82) is 5.26 Å². The number of aryl methyl sites for hydroxylation is 1. The van der Waals surface area contributed by atoms with Crippen LogP contribution in [0.5, 0.6) is 0 Å². The molecule has 0 heterocycles. The van der Waals surface area contributed by atoms with Gasteiger partial charge in [0.15, 0.2) is 0 Å².